The number of ether oxygens (including phenoxy) is 1. The lowest BCUT2D eigenvalue weighted by Crippen LogP contribution is -2.54. The SMILES string of the molecule is CCNC(CCC(C)C)C1(OC)CCC(C)CC1. The Hall–Kier alpha value is -0.0800. The van der Waals surface area contributed by atoms with Gasteiger partial charge in [0.2, 0.25) is 0 Å². The normalized spacial score (nSPS) is 30.7. The molecule has 0 spiro atoms. The van der Waals surface area contributed by atoms with Crippen LogP contribution in [0, 0.1) is 11.8 Å². The van der Waals surface area contributed by atoms with E-state index in [0.29, 0.717) is 6.04 Å². The lowest BCUT2D eigenvalue weighted by atomic mass is 9.73. The highest BCUT2D eigenvalue weighted by Crippen LogP contribution is 2.38. The number of hydrogen-bond donors (Lipinski definition) is 1. The molecule has 0 radical (unpaired) electrons. The first-order valence-corrected chi connectivity index (χ1v) is 7.82. The topological polar surface area (TPSA) is 21.3 Å². The van der Waals surface area contributed by atoms with Gasteiger partial charge in [-0.15, -0.1) is 0 Å². The minimum absolute atomic E-state index is 0.0947. The summed E-state index contributed by atoms with van der Waals surface area (Å²) in [6.45, 7) is 10.2. The van der Waals surface area contributed by atoms with Crippen LogP contribution in [-0.4, -0.2) is 25.3 Å². The second-order valence-corrected chi connectivity index (χ2v) is 6.53. The first kappa shape index (κ1) is 16.0. The average molecular weight is 255 g/mol. The molecule has 2 nitrogen and oxygen atoms in total. The molecule has 0 bridgehead atoms. The molecule has 0 amide bonds. The summed E-state index contributed by atoms with van der Waals surface area (Å²) in [5.74, 6) is 1.66. The maximum absolute atomic E-state index is 6.01. The molecule has 1 aliphatic carbocycles. The molecule has 0 aromatic heterocycles. The predicted molar refractivity (Wildman–Crippen MR) is 78.9 cm³/mol. The number of hydrogen-bond acceptors (Lipinski definition) is 2. The number of rotatable bonds is 7. The summed E-state index contributed by atoms with van der Waals surface area (Å²) >= 11 is 0. The minimum Gasteiger partial charge on any atom is -0.377 e. The van der Waals surface area contributed by atoms with Crippen LogP contribution in [0.25, 0.3) is 0 Å². The van der Waals surface area contributed by atoms with Gasteiger partial charge in [-0.3, -0.25) is 0 Å². The summed E-state index contributed by atoms with van der Waals surface area (Å²) in [7, 11) is 1.91. The van der Waals surface area contributed by atoms with E-state index in [0.717, 1.165) is 18.4 Å². The quantitative estimate of drug-likeness (QED) is 0.742. The van der Waals surface area contributed by atoms with Crippen LogP contribution in [-0.2, 0) is 4.74 Å². The van der Waals surface area contributed by atoms with Crippen molar-refractivity contribution in [1.29, 1.82) is 0 Å². The van der Waals surface area contributed by atoms with Gasteiger partial charge in [0.05, 0.1) is 5.60 Å². The number of likely N-dealkylation sites (N-methyl/N-ethyl adjacent to an activating group) is 1. The Bertz CT molecular complexity index is 219. The van der Waals surface area contributed by atoms with Crippen molar-refractivity contribution in [3.63, 3.8) is 0 Å². The molecule has 0 saturated heterocycles. The van der Waals surface area contributed by atoms with Crippen molar-refractivity contribution in [2.45, 2.75) is 77.9 Å². The van der Waals surface area contributed by atoms with Crippen molar-refractivity contribution < 1.29 is 4.74 Å². The van der Waals surface area contributed by atoms with E-state index in [1.165, 1.54) is 38.5 Å². The number of methoxy groups -OCH3 is 1. The third kappa shape index (κ3) is 4.24. The fourth-order valence-corrected chi connectivity index (χ4v) is 3.24. The van der Waals surface area contributed by atoms with E-state index in [4.69, 9.17) is 4.74 Å². The smallest absolute Gasteiger partial charge is 0.0831 e. The Balaban J connectivity index is 2.66. The largest absolute Gasteiger partial charge is 0.377 e. The van der Waals surface area contributed by atoms with Gasteiger partial charge in [-0.1, -0.05) is 27.7 Å². The standard InChI is InChI=1S/C16H33NO/c1-6-17-15(8-7-13(2)3)16(18-5)11-9-14(4)10-12-16/h13-15,17H,6-12H2,1-5H3. The molecule has 1 aliphatic rings. The van der Waals surface area contributed by atoms with E-state index in [1.54, 1.807) is 0 Å². The lowest BCUT2D eigenvalue weighted by molar-refractivity contribution is -0.0770. The molecule has 108 valence electrons. The molecule has 1 fully saturated rings. The summed E-state index contributed by atoms with van der Waals surface area (Å²) in [6, 6.07) is 0.530. The third-order valence-electron chi connectivity index (χ3n) is 4.65. The second kappa shape index (κ2) is 7.49. The minimum atomic E-state index is 0.0947. The van der Waals surface area contributed by atoms with Gasteiger partial charge in [0, 0.05) is 13.2 Å². The molecule has 1 rings (SSSR count). The fourth-order valence-electron chi connectivity index (χ4n) is 3.24. The Morgan fingerprint density at radius 1 is 1.22 bits per heavy atom. The van der Waals surface area contributed by atoms with Crippen LogP contribution in [0.15, 0.2) is 0 Å². The van der Waals surface area contributed by atoms with Crippen LogP contribution in [0.2, 0.25) is 0 Å². The van der Waals surface area contributed by atoms with E-state index in [1.807, 2.05) is 7.11 Å². The molecule has 1 saturated carbocycles. The van der Waals surface area contributed by atoms with Gasteiger partial charge in [0.15, 0.2) is 0 Å². The molecule has 0 aromatic rings. The molecule has 2 heteroatoms. The molecule has 1 N–H and O–H groups in total. The molecule has 0 aliphatic heterocycles. The zero-order chi connectivity index (χ0) is 13.6. The van der Waals surface area contributed by atoms with Crippen molar-refractivity contribution in [3.05, 3.63) is 0 Å². The fraction of sp³-hybridized carbons (Fsp3) is 1.00. The van der Waals surface area contributed by atoms with Gasteiger partial charge in [-0.2, -0.15) is 0 Å². The van der Waals surface area contributed by atoms with Crippen LogP contribution in [0.4, 0.5) is 0 Å². The maximum Gasteiger partial charge on any atom is 0.0831 e. The Morgan fingerprint density at radius 2 is 1.83 bits per heavy atom. The predicted octanol–water partition coefficient (Wildman–Crippen LogP) is 4.00. The highest BCUT2D eigenvalue weighted by molar-refractivity contribution is 4.96. The van der Waals surface area contributed by atoms with Crippen LogP contribution < -0.4 is 5.32 Å². The maximum atomic E-state index is 6.01. The first-order chi connectivity index (χ1) is 8.54. The molecule has 0 heterocycles. The van der Waals surface area contributed by atoms with Gasteiger partial charge in [-0.25, -0.2) is 0 Å². The van der Waals surface area contributed by atoms with Crippen LogP contribution in [0.1, 0.15) is 66.2 Å². The summed E-state index contributed by atoms with van der Waals surface area (Å²) in [6.07, 6.45) is 7.61. The molecular weight excluding hydrogens is 222 g/mol. The summed E-state index contributed by atoms with van der Waals surface area (Å²) in [4.78, 5) is 0. The van der Waals surface area contributed by atoms with E-state index in [2.05, 4.69) is 33.0 Å². The van der Waals surface area contributed by atoms with Gasteiger partial charge < -0.3 is 10.1 Å². The highest BCUT2D eigenvalue weighted by Gasteiger charge is 2.40. The summed E-state index contributed by atoms with van der Waals surface area (Å²) in [5, 5.41) is 3.69. The Morgan fingerprint density at radius 3 is 2.28 bits per heavy atom. The van der Waals surface area contributed by atoms with E-state index in [9.17, 15) is 0 Å². The molecule has 1 unspecified atom stereocenters. The van der Waals surface area contributed by atoms with Crippen molar-refractivity contribution in [2.75, 3.05) is 13.7 Å². The molecule has 1 atom stereocenters. The third-order valence-corrected chi connectivity index (χ3v) is 4.65. The van der Waals surface area contributed by atoms with Crippen molar-refractivity contribution in [2.24, 2.45) is 11.8 Å². The number of nitrogens with one attached hydrogen (secondary N) is 1. The summed E-state index contributed by atoms with van der Waals surface area (Å²) < 4.78 is 6.01. The van der Waals surface area contributed by atoms with Crippen molar-refractivity contribution >= 4 is 0 Å². The van der Waals surface area contributed by atoms with E-state index in [-0.39, 0.29) is 5.60 Å². The second-order valence-electron chi connectivity index (χ2n) is 6.53. The zero-order valence-corrected chi connectivity index (χ0v) is 13.1. The van der Waals surface area contributed by atoms with Crippen LogP contribution >= 0.6 is 0 Å². The van der Waals surface area contributed by atoms with Gasteiger partial charge >= 0.3 is 0 Å². The van der Waals surface area contributed by atoms with E-state index >= 15 is 0 Å². The summed E-state index contributed by atoms with van der Waals surface area (Å²) in [5.41, 5.74) is 0.0947. The van der Waals surface area contributed by atoms with Crippen LogP contribution in [0.3, 0.4) is 0 Å². The molecule has 18 heavy (non-hydrogen) atoms. The Labute approximate surface area is 114 Å². The van der Waals surface area contributed by atoms with Gasteiger partial charge in [-0.05, 0) is 56.9 Å². The average Bonchev–Trinajstić information content (AvgIpc) is 2.36. The van der Waals surface area contributed by atoms with E-state index < -0.39 is 0 Å². The Kier molecular flexibility index (Phi) is 6.65. The van der Waals surface area contributed by atoms with Crippen molar-refractivity contribution in [3.8, 4) is 0 Å². The van der Waals surface area contributed by atoms with Crippen molar-refractivity contribution in [1.82, 2.24) is 5.32 Å². The van der Waals surface area contributed by atoms with Crippen LogP contribution in [0.5, 0.6) is 0 Å². The van der Waals surface area contributed by atoms with Gasteiger partial charge in [0.25, 0.3) is 0 Å². The first-order valence-electron chi connectivity index (χ1n) is 7.82. The lowest BCUT2D eigenvalue weighted by Gasteiger charge is -2.44. The highest BCUT2D eigenvalue weighted by atomic mass is 16.5. The zero-order valence-electron chi connectivity index (χ0n) is 13.1. The molecule has 0 aromatic carbocycles. The van der Waals surface area contributed by atoms with Gasteiger partial charge in [0.1, 0.15) is 0 Å². The monoisotopic (exact) mass is 255 g/mol. The molecular formula is C16H33NO.